The number of aromatic nitrogens is 2. The highest BCUT2D eigenvalue weighted by molar-refractivity contribution is 7.88. The molecule has 1 fully saturated rings. The van der Waals surface area contributed by atoms with Gasteiger partial charge in [-0.25, -0.2) is 17.9 Å². The summed E-state index contributed by atoms with van der Waals surface area (Å²) in [5, 5.41) is 9.41. The van der Waals surface area contributed by atoms with Crippen molar-refractivity contribution in [1.29, 1.82) is 0 Å². The van der Waals surface area contributed by atoms with Crippen molar-refractivity contribution in [2.24, 2.45) is 0 Å². The fraction of sp³-hybridized carbons (Fsp3) is 0.667. The zero-order valence-corrected chi connectivity index (χ0v) is 12.8. The summed E-state index contributed by atoms with van der Waals surface area (Å²) in [6, 6.07) is 1.51. The summed E-state index contributed by atoms with van der Waals surface area (Å²) in [6.45, 7) is 1.28. The summed E-state index contributed by atoms with van der Waals surface area (Å²) >= 11 is 0. The number of carbonyl (C=O) groups excluding carboxylic acids is 1. The molecule has 0 aromatic carbocycles. The minimum atomic E-state index is -3.24. The van der Waals surface area contributed by atoms with Crippen molar-refractivity contribution in [3.63, 3.8) is 0 Å². The van der Waals surface area contributed by atoms with Crippen molar-refractivity contribution in [1.82, 2.24) is 25.1 Å². The van der Waals surface area contributed by atoms with E-state index in [0.717, 1.165) is 31.2 Å². The lowest BCUT2D eigenvalue weighted by Crippen LogP contribution is -2.52. The lowest BCUT2D eigenvalue weighted by Gasteiger charge is -2.35. The van der Waals surface area contributed by atoms with E-state index in [1.165, 1.54) is 0 Å². The van der Waals surface area contributed by atoms with Crippen LogP contribution in [0.15, 0.2) is 12.3 Å². The van der Waals surface area contributed by atoms with E-state index in [0.29, 0.717) is 13.1 Å². The Morgan fingerprint density at radius 3 is 3.00 bits per heavy atom. The van der Waals surface area contributed by atoms with Gasteiger partial charge in [0.2, 0.25) is 10.0 Å². The number of hydrogen-bond acceptors (Lipinski definition) is 4. The van der Waals surface area contributed by atoms with E-state index < -0.39 is 10.0 Å². The molecule has 0 radical (unpaired) electrons. The second-order valence-electron chi connectivity index (χ2n) is 5.20. The van der Waals surface area contributed by atoms with Gasteiger partial charge in [-0.1, -0.05) is 0 Å². The van der Waals surface area contributed by atoms with Gasteiger partial charge in [-0.3, -0.25) is 5.10 Å². The van der Waals surface area contributed by atoms with Crippen molar-refractivity contribution in [3.8, 4) is 0 Å². The molecule has 1 aromatic heterocycles. The number of sulfonamides is 1. The van der Waals surface area contributed by atoms with Crippen molar-refractivity contribution < 1.29 is 13.2 Å². The topological polar surface area (TPSA) is 107 Å². The predicted molar refractivity (Wildman–Crippen MR) is 78.0 cm³/mol. The van der Waals surface area contributed by atoms with Crippen LogP contribution in [0.5, 0.6) is 0 Å². The predicted octanol–water partition coefficient (Wildman–Crippen LogP) is 0.0230. The van der Waals surface area contributed by atoms with Gasteiger partial charge in [0, 0.05) is 25.3 Å². The summed E-state index contributed by atoms with van der Waals surface area (Å²) < 4.78 is 24.9. The van der Waals surface area contributed by atoms with Crippen LogP contribution in [0.4, 0.5) is 4.79 Å². The number of aromatic amines is 1. The third-order valence-electron chi connectivity index (χ3n) is 3.46. The van der Waals surface area contributed by atoms with Crippen molar-refractivity contribution in [2.45, 2.75) is 31.8 Å². The summed E-state index contributed by atoms with van der Waals surface area (Å²) in [6.07, 6.45) is 5.49. The highest BCUT2D eigenvalue weighted by atomic mass is 32.2. The van der Waals surface area contributed by atoms with Crippen molar-refractivity contribution in [3.05, 3.63) is 18.0 Å². The van der Waals surface area contributed by atoms with E-state index in [2.05, 4.69) is 20.2 Å². The van der Waals surface area contributed by atoms with Crippen LogP contribution in [0, 0.1) is 0 Å². The van der Waals surface area contributed by atoms with E-state index in [-0.39, 0.29) is 18.6 Å². The molecular weight excluding hydrogens is 294 g/mol. The first-order chi connectivity index (χ1) is 9.96. The Morgan fingerprint density at radius 2 is 2.33 bits per heavy atom. The Morgan fingerprint density at radius 1 is 1.52 bits per heavy atom. The Bertz CT molecular complexity index is 557. The van der Waals surface area contributed by atoms with Gasteiger partial charge in [-0.15, -0.1) is 0 Å². The Balaban J connectivity index is 1.89. The van der Waals surface area contributed by atoms with Gasteiger partial charge >= 0.3 is 6.03 Å². The molecule has 2 heterocycles. The number of hydrogen-bond donors (Lipinski definition) is 3. The number of H-pyrrole nitrogens is 1. The van der Waals surface area contributed by atoms with Gasteiger partial charge in [0.1, 0.15) is 0 Å². The first-order valence-corrected chi connectivity index (χ1v) is 8.82. The highest BCUT2D eigenvalue weighted by Gasteiger charge is 2.27. The standard InChI is InChI=1S/C12H21N5O3S/c1-21(19,20)15-9-11-4-2-3-7-17(11)12(18)13-8-10-5-6-14-16-10/h5-6,11,15H,2-4,7-9H2,1H3,(H,13,18)(H,14,16). The van der Waals surface area contributed by atoms with Crippen LogP contribution in [0.1, 0.15) is 25.0 Å². The van der Waals surface area contributed by atoms with Crippen LogP contribution in [0.25, 0.3) is 0 Å². The summed E-state index contributed by atoms with van der Waals surface area (Å²) in [5.74, 6) is 0. The highest BCUT2D eigenvalue weighted by Crippen LogP contribution is 2.16. The lowest BCUT2D eigenvalue weighted by molar-refractivity contribution is 0.151. The number of urea groups is 1. The monoisotopic (exact) mass is 315 g/mol. The van der Waals surface area contributed by atoms with E-state index in [9.17, 15) is 13.2 Å². The number of piperidine rings is 1. The molecule has 2 rings (SSSR count). The first-order valence-electron chi connectivity index (χ1n) is 6.93. The van der Waals surface area contributed by atoms with Gasteiger partial charge < -0.3 is 10.2 Å². The molecule has 21 heavy (non-hydrogen) atoms. The second kappa shape index (κ2) is 6.90. The maximum absolute atomic E-state index is 12.2. The smallest absolute Gasteiger partial charge is 0.318 e. The third kappa shape index (κ3) is 5.01. The van der Waals surface area contributed by atoms with Gasteiger partial charge in [-0.2, -0.15) is 5.10 Å². The molecule has 0 spiro atoms. The molecule has 1 atom stereocenters. The molecule has 118 valence electrons. The normalized spacial score (nSPS) is 19.5. The Kier molecular flexibility index (Phi) is 5.18. The lowest BCUT2D eigenvalue weighted by atomic mass is 10.0. The number of rotatable bonds is 5. The molecule has 0 saturated carbocycles. The number of nitrogens with zero attached hydrogens (tertiary/aromatic N) is 2. The van der Waals surface area contributed by atoms with Crippen molar-refractivity contribution >= 4 is 16.1 Å². The van der Waals surface area contributed by atoms with Crippen LogP contribution >= 0.6 is 0 Å². The average molecular weight is 315 g/mol. The quantitative estimate of drug-likeness (QED) is 0.712. The van der Waals surface area contributed by atoms with E-state index >= 15 is 0 Å². The first kappa shape index (κ1) is 15.8. The molecule has 2 amide bonds. The molecule has 3 N–H and O–H groups in total. The minimum Gasteiger partial charge on any atom is -0.332 e. The Hall–Kier alpha value is -1.61. The second-order valence-corrected chi connectivity index (χ2v) is 7.04. The molecule has 8 nitrogen and oxygen atoms in total. The zero-order chi connectivity index (χ0) is 15.3. The zero-order valence-electron chi connectivity index (χ0n) is 12.0. The Labute approximate surface area is 124 Å². The van der Waals surface area contributed by atoms with Gasteiger partial charge in [-0.05, 0) is 25.3 Å². The molecule has 0 bridgehead atoms. The minimum absolute atomic E-state index is 0.102. The number of amides is 2. The van der Waals surface area contributed by atoms with Crippen LogP contribution in [0.3, 0.4) is 0 Å². The maximum atomic E-state index is 12.2. The fourth-order valence-electron chi connectivity index (χ4n) is 2.38. The van der Waals surface area contributed by atoms with E-state index in [1.54, 1.807) is 17.2 Å². The molecule has 1 aliphatic heterocycles. The van der Waals surface area contributed by atoms with E-state index in [1.807, 2.05) is 0 Å². The summed E-state index contributed by atoms with van der Waals surface area (Å²) in [5.41, 5.74) is 0.825. The fourth-order valence-corrected chi connectivity index (χ4v) is 2.88. The van der Waals surface area contributed by atoms with Crippen LogP contribution in [0.2, 0.25) is 0 Å². The average Bonchev–Trinajstić information content (AvgIpc) is 2.95. The molecule has 1 aliphatic rings. The van der Waals surface area contributed by atoms with Gasteiger partial charge in [0.25, 0.3) is 0 Å². The maximum Gasteiger partial charge on any atom is 0.318 e. The molecule has 1 saturated heterocycles. The third-order valence-corrected chi connectivity index (χ3v) is 4.15. The van der Waals surface area contributed by atoms with Crippen molar-refractivity contribution in [2.75, 3.05) is 19.3 Å². The molecule has 1 aromatic rings. The summed E-state index contributed by atoms with van der Waals surface area (Å²) in [4.78, 5) is 13.9. The molecule has 1 unspecified atom stereocenters. The molecule has 0 aliphatic carbocycles. The molecular formula is C12H21N5O3S. The molecule has 9 heteroatoms. The SMILES string of the molecule is CS(=O)(=O)NCC1CCCCN1C(=O)NCc1ccn[nH]1. The largest absolute Gasteiger partial charge is 0.332 e. The van der Waals surface area contributed by atoms with Crippen LogP contribution in [-0.2, 0) is 16.6 Å². The van der Waals surface area contributed by atoms with Crippen LogP contribution < -0.4 is 10.0 Å². The number of likely N-dealkylation sites (tertiary alicyclic amines) is 1. The van der Waals surface area contributed by atoms with E-state index in [4.69, 9.17) is 0 Å². The van der Waals surface area contributed by atoms with Gasteiger partial charge in [0.05, 0.1) is 18.5 Å². The van der Waals surface area contributed by atoms with Gasteiger partial charge in [0.15, 0.2) is 0 Å². The number of nitrogens with one attached hydrogen (secondary N) is 3. The summed E-state index contributed by atoms with van der Waals surface area (Å²) in [7, 11) is -3.24. The van der Waals surface area contributed by atoms with Crippen LogP contribution in [-0.4, -0.2) is 54.9 Å². The number of carbonyl (C=O) groups is 1.